The maximum absolute atomic E-state index is 12.4. The van der Waals surface area contributed by atoms with E-state index in [9.17, 15) is 19.8 Å². The van der Waals surface area contributed by atoms with Crippen LogP contribution in [0.1, 0.15) is 290 Å². The SMILES string of the molecule is CCCCCCCC/C=C\CCCCCCCCCCCC(=O)OCCCCCCCC/C=C\CCCCCC(=O)NC(CO)C(O)CCCCCCCCCCCCCC. The van der Waals surface area contributed by atoms with E-state index in [4.69, 9.17) is 4.74 Å². The van der Waals surface area contributed by atoms with Crippen LogP contribution in [0.25, 0.3) is 0 Å². The zero-order valence-electron chi connectivity index (χ0n) is 40.9. The second-order valence-electron chi connectivity index (χ2n) is 18.6. The van der Waals surface area contributed by atoms with Crippen molar-refractivity contribution in [3.8, 4) is 0 Å². The predicted molar refractivity (Wildman–Crippen MR) is 264 cm³/mol. The highest BCUT2D eigenvalue weighted by molar-refractivity contribution is 5.76. The van der Waals surface area contributed by atoms with Crippen molar-refractivity contribution in [2.75, 3.05) is 13.2 Å². The van der Waals surface area contributed by atoms with Crippen LogP contribution in [0.2, 0.25) is 0 Å². The first-order chi connectivity index (χ1) is 30.0. The first-order valence-electron chi connectivity index (χ1n) is 27.1. The standard InChI is InChI=1S/C55H105NO5/c1-3-5-7-9-11-13-15-17-18-19-20-21-22-25-29-33-37-41-45-49-55(60)61-50-46-42-38-34-30-26-23-24-28-32-36-40-44-48-54(59)56-52(51-57)53(58)47-43-39-35-31-27-16-14-12-10-8-6-4-2/h17-18,24,28,52-53,57-58H,3-16,19-23,25-27,29-51H2,1-2H3,(H,56,59)/b18-17-,28-24-. The van der Waals surface area contributed by atoms with Gasteiger partial charge in [-0.15, -0.1) is 0 Å². The molecule has 6 nitrogen and oxygen atoms in total. The molecule has 61 heavy (non-hydrogen) atoms. The van der Waals surface area contributed by atoms with Gasteiger partial charge in [0.15, 0.2) is 0 Å². The van der Waals surface area contributed by atoms with Crippen molar-refractivity contribution in [1.82, 2.24) is 5.32 Å². The van der Waals surface area contributed by atoms with E-state index in [1.165, 1.54) is 186 Å². The molecule has 0 spiro atoms. The molecule has 0 aromatic rings. The Morgan fingerprint density at radius 3 is 1.18 bits per heavy atom. The van der Waals surface area contributed by atoms with Gasteiger partial charge in [0.2, 0.25) is 5.91 Å². The van der Waals surface area contributed by atoms with Crippen LogP contribution in [0.5, 0.6) is 0 Å². The molecule has 0 aliphatic carbocycles. The van der Waals surface area contributed by atoms with Crippen LogP contribution in [-0.2, 0) is 14.3 Å². The number of ether oxygens (including phenoxy) is 1. The maximum atomic E-state index is 12.4. The topological polar surface area (TPSA) is 95.9 Å². The fraction of sp³-hybridized carbons (Fsp3) is 0.891. The Labute approximate surface area is 380 Å². The molecular formula is C55H105NO5. The number of aliphatic hydroxyl groups excluding tert-OH is 2. The number of aliphatic hydroxyl groups is 2. The molecule has 0 saturated heterocycles. The monoisotopic (exact) mass is 860 g/mol. The Kier molecular flexibility index (Phi) is 49.6. The van der Waals surface area contributed by atoms with Crippen molar-refractivity contribution in [3.05, 3.63) is 24.3 Å². The van der Waals surface area contributed by atoms with Crippen LogP contribution in [0.4, 0.5) is 0 Å². The lowest BCUT2D eigenvalue weighted by Crippen LogP contribution is -2.45. The first-order valence-corrected chi connectivity index (χ1v) is 27.1. The fourth-order valence-electron chi connectivity index (χ4n) is 8.28. The molecule has 0 bridgehead atoms. The molecular weight excluding hydrogens is 755 g/mol. The summed E-state index contributed by atoms with van der Waals surface area (Å²) in [7, 11) is 0. The molecule has 360 valence electrons. The lowest BCUT2D eigenvalue weighted by Gasteiger charge is -2.22. The van der Waals surface area contributed by atoms with Gasteiger partial charge in [0.05, 0.1) is 25.4 Å². The fourth-order valence-corrected chi connectivity index (χ4v) is 8.28. The van der Waals surface area contributed by atoms with Crippen LogP contribution < -0.4 is 5.32 Å². The number of hydrogen-bond donors (Lipinski definition) is 3. The van der Waals surface area contributed by atoms with E-state index in [0.29, 0.717) is 25.9 Å². The zero-order valence-corrected chi connectivity index (χ0v) is 40.9. The van der Waals surface area contributed by atoms with E-state index < -0.39 is 12.1 Å². The quantitative estimate of drug-likeness (QED) is 0.0322. The Morgan fingerprint density at radius 2 is 0.770 bits per heavy atom. The third-order valence-corrected chi connectivity index (χ3v) is 12.5. The number of hydrogen-bond acceptors (Lipinski definition) is 5. The van der Waals surface area contributed by atoms with Crippen molar-refractivity contribution in [2.24, 2.45) is 0 Å². The summed E-state index contributed by atoms with van der Waals surface area (Å²) in [6, 6.07) is -0.560. The third-order valence-electron chi connectivity index (χ3n) is 12.5. The van der Waals surface area contributed by atoms with Crippen LogP contribution >= 0.6 is 0 Å². The Balaban J connectivity index is 3.46. The Morgan fingerprint density at radius 1 is 0.443 bits per heavy atom. The van der Waals surface area contributed by atoms with Gasteiger partial charge in [0.1, 0.15) is 0 Å². The molecule has 0 aliphatic rings. The minimum Gasteiger partial charge on any atom is -0.466 e. The van der Waals surface area contributed by atoms with Crippen LogP contribution in [-0.4, -0.2) is 47.4 Å². The molecule has 0 aromatic carbocycles. The summed E-state index contributed by atoms with van der Waals surface area (Å²) in [4.78, 5) is 24.5. The van der Waals surface area contributed by atoms with Gasteiger partial charge in [0, 0.05) is 12.8 Å². The molecule has 2 atom stereocenters. The van der Waals surface area contributed by atoms with Crippen molar-refractivity contribution in [1.29, 1.82) is 0 Å². The summed E-state index contributed by atoms with van der Waals surface area (Å²) in [5.74, 6) is -0.0785. The van der Waals surface area contributed by atoms with Gasteiger partial charge in [-0.25, -0.2) is 0 Å². The van der Waals surface area contributed by atoms with E-state index in [1.54, 1.807) is 0 Å². The van der Waals surface area contributed by atoms with E-state index >= 15 is 0 Å². The number of carbonyl (C=O) groups excluding carboxylic acids is 2. The van der Waals surface area contributed by atoms with E-state index in [2.05, 4.69) is 43.5 Å². The third kappa shape index (κ3) is 47.7. The molecule has 0 aromatic heterocycles. The predicted octanol–water partition coefficient (Wildman–Crippen LogP) is 16.3. The zero-order chi connectivity index (χ0) is 44.4. The summed E-state index contributed by atoms with van der Waals surface area (Å²) in [5.41, 5.74) is 0. The highest BCUT2D eigenvalue weighted by Gasteiger charge is 2.20. The van der Waals surface area contributed by atoms with Crippen LogP contribution in [0.3, 0.4) is 0 Å². The second kappa shape index (κ2) is 51.0. The second-order valence-corrected chi connectivity index (χ2v) is 18.6. The van der Waals surface area contributed by atoms with Crippen molar-refractivity contribution in [2.45, 2.75) is 302 Å². The molecule has 0 saturated carbocycles. The smallest absolute Gasteiger partial charge is 0.305 e. The minimum atomic E-state index is -0.680. The molecule has 3 N–H and O–H groups in total. The Bertz CT molecular complexity index is 951. The minimum absolute atomic E-state index is 0.0131. The van der Waals surface area contributed by atoms with Crippen molar-refractivity contribution < 1.29 is 24.5 Å². The number of allylic oxidation sites excluding steroid dienone is 4. The molecule has 0 radical (unpaired) electrons. The van der Waals surface area contributed by atoms with E-state index in [-0.39, 0.29) is 18.5 Å². The van der Waals surface area contributed by atoms with Crippen LogP contribution in [0, 0.1) is 0 Å². The molecule has 6 heteroatoms. The number of carbonyl (C=O) groups is 2. The van der Waals surface area contributed by atoms with Crippen molar-refractivity contribution >= 4 is 11.9 Å². The van der Waals surface area contributed by atoms with Gasteiger partial charge in [0.25, 0.3) is 0 Å². The largest absolute Gasteiger partial charge is 0.466 e. The summed E-state index contributed by atoms with van der Waals surface area (Å²) in [6.07, 6.45) is 60.1. The molecule has 1 amide bonds. The summed E-state index contributed by atoms with van der Waals surface area (Å²) in [5, 5.41) is 23.1. The van der Waals surface area contributed by atoms with Gasteiger partial charge in [-0.05, 0) is 77.0 Å². The number of unbranched alkanes of at least 4 members (excludes halogenated alkanes) is 35. The number of nitrogens with one attached hydrogen (secondary N) is 1. The Hall–Kier alpha value is -1.66. The summed E-state index contributed by atoms with van der Waals surface area (Å²) in [6.45, 7) is 4.90. The number of rotatable bonds is 50. The molecule has 0 fully saturated rings. The highest BCUT2D eigenvalue weighted by Crippen LogP contribution is 2.16. The molecule has 0 aliphatic heterocycles. The average molecular weight is 860 g/mol. The van der Waals surface area contributed by atoms with Gasteiger partial charge in [-0.2, -0.15) is 0 Å². The summed E-state index contributed by atoms with van der Waals surface area (Å²) < 4.78 is 5.47. The molecule has 2 unspecified atom stereocenters. The average Bonchev–Trinajstić information content (AvgIpc) is 3.26. The number of amides is 1. The highest BCUT2D eigenvalue weighted by atomic mass is 16.5. The van der Waals surface area contributed by atoms with Gasteiger partial charge in [-0.3, -0.25) is 9.59 Å². The van der Waals surface area contributed by atoms with Gasteiger partial charge in [-0.1, -0.05) is 224 Å². The normalized spacial score (nSPS) is 12.8. The maximum Gasteiger partial charge on any atom is 0.305 e. The van der Waals surface area contributed by atoms with Crippen LogP contribution in [0.15, 0.2) is 24.3 Å². The lowest BCUT2D eigenvalue weighted by atomic mass is 10.0. The number of esters is 1. The van der Waals surface area contributed by atoms with Gasteiger partial charge < -0.3 is 20.3 Å². The molecule has 0 rings (SSSR count). The first kappa shape index (κ1) is 59.3. The van der Waals surface area contributed by atoms with E-state index in [1.807, 2.05) is 0 Å². The van der Waals surface area contributed by atoms with E-state index in [0.717, 1.165) is 70.6 Å². The van der Waals surface area contributed by atoms with Crippen molar-refractivity contribution in [3.63, 3.8) is 0 Å². The molecule has 0 heterocycles. The van der Waals surface area contributed by atoms with Gasteiger partial charge >= 0.3 is 5.97 Å². The lowest BCUT2D eigenvalue weighted by molar-refractivity contribution is -0.143. The summed E-state index contributed by atoms with van der Waals surface area (Å²) >= 11 is 0.